The topological polar surface area (TPSA) is 26.8 Å². The fourth-order valence-electron chi connectivity index (χ4n) is 4.64. The molecule has 0 amide bonds. The van der Waals surface area contributed by atoms with Gasteiger partial charge in [-0.25, -0.2) is 0 Å². The third-order valence-electron chi connectivity index (χ3n) is 5.29. The van der Waals surface area contributed by atoms with E-state index in [0.717, 1.165) is 56.0 Å². The van der Waals surface area contributed by atoms with E-state index in [0.29, 0.717) is 5.78 Å². The first-order valence-electron chi connectivity index (χ1n) is 7.93. The van der Waals surface area contributed by atoms with Crippen LogP contribution in [0.2, 0.25) is 0 Å². The minimum atomic E-state index is -0.251. The Labute approximate surface area is 129 Å². The van der Waals surface area contributed by atoms with Crippen LogP contribution in [0.5, 0.6) is 0 Å². The summed E-state index contributed by atoms with van der Waals surface area (Å²) in [5, 5.41) is 2.24. The first-order chi connectivity index (χ1) is 10.7. The van der Waals surface area contributed by atoms with E-state index < -0.39 is 0 Å². The first-order valence-corrected chi connectivity index (χ1v) is 7.93. The van der Waals surface area contributed by atoms with E-state index in [4.69, 9.17) is 0 Å². The van der Waals surface area contributed by atoms with E-state index in [-0.39, 0.29) is 5.41 Å². The van der Waals surface area contributed by atoms with Gasteiger partial charge in [0, 0.05) is 25.2 Å². The fraction of sp³-hybridized carbons (Fsp3) is 0.389. The van der Waals surface area contributed by atoms with Crippen molar-refractivity contribution >= 4 is 16.6 Å². The average molecular weight is 293 g/mol. The van der Waals surface area contributed by atoms with Gasteiger partial charge in [-0.1, -0.05) is 42.5 Å². The zero-order valence-electron chi connectivity index (χ0n) is 12.5. The molecule has 0 saturated carbocycles. The van der Waals surface area contributed by atoms with Crippen LogP contribution < -0.4 is 0 Å². The monoisotopic (exact) mass is 293 g/mol. The van der Waals surface area contributed by atoms with Crippen LogP contribution in [0.4, 0.5) is 0 Å². The van der Waals surface area contributed by atoms with Gasteiger partial charge >= 0.3 is 0 Å². The van der Waals surface area contributed by atoms with E-state index >= 15 is 0 Å². The molecule has 4 bridgehead atoms. The number of ketones is 1. The van der Waals surface area contributed by atoms with Crippen LogP contribution in [0, 0.1) is 5.41 Å². The molecule has 4 heterocycles. The summed E-state index contributed by atoms with van der Waals surface area (Å²) >= 11 is 0. The molecule has 0 aromatic heterocycles. The summed E-state index contributed by atoms with van der Waals surface area (Å²) in [7, 11) is 0. The quantitative estimate of drug-likeness (QED) is 0.789. The SMILES string of the molecule is O=C(c1cccc2ccccc12)C12CN3CN(CN(C3)C1)C2. The van der Waals surface area contributed by atoms with Crippen molar-refractivity contribution in [1.29, 1.82) is 0 Å². The molecule has 0 aliphatic carbocycles. The molecule has 112 valence electrons. The summed E-state index contributed by atoms with van der Waals surface area (Å²) in [6, 6.07) is 14.3. The molecule has 0 atom stereocenters. The Morgan fingerprint density at radius 1 is 0.818 bits per heavy atom. The van der Waals surface area contributed by atoms with Crippen LogP contribution in [0.1, 0.15) is 10.4 Å². The molecule has 2 aromatic carbocycles. The third kappa shape index (κ3) is 1.72. The van der Waals surface area contributed by atoms with Gasteiger partial charge in [0.25, 0.3) is 0 Å². The molecule has 0 unspecified atom stereocenters. The molecule has 4 saturated heterocycles. The number of hydrogen-bond acceptors (Lipinski definition) is 4. The Bertz CT molecular complexity index is 729. The van der Waals surface area contributed by atoms with Crippen molar-refractivity contribution in [2.75, 3.05) is 39.6 Å². The van der Waals surface area contributed by atoms with Gasteiger partial charge in [0.05, 0.1) is 25.4 Å². The number of carbonyl (C=O) groups excluding carboxylic acids is 1. The predicted octanol–water partition coefficient (Wildman–Crippen LogP) is 1.83. The fourth-order valence-corrected chi connectivity index (χ4v) is 4.64. The molecule has 4 nitrogen and oxygen atoms in total. The highest BCUT2D eigenvalue weighted by molar-refractivity contribution is 6.11. The van der Waals surface area contributed by atoms with Crippen LogP contribution >= 0.6 is 0 Å². The van der Waals surface area contributed by atoms with Crippen molar-refractivity contribution in [3.8, 4) is 0 Å². The lowest BCUT2D eigenvalue weighted by molar-refractivity contribution is -0.155. The summed E-state index contributed by atoms with van der Waals surface area (Å²) < 4.78 is 0. The second-order valence-electron chi connectivity index (χ2n) is 7.05. The largest absolute Gasteiger partial charge is 0.293 e. The Balaban J connectivity index is 1.61. The lowest BCUT2D eigenvalue weighted by atomic mass is 9.74. The second-order valence-corrected chi connectivity index (χ2v) is 7.05. The normalized spacial score (nSPS) is 35.9. The van der Waals surface area contributed by atoms with Gasteiger partial charge in [-0.3, -0.25) is 19.5 Å². The van der Waals surface area contributed by atoms with Crippen molar-refractivity contribution in [1.82, 2.24) is 14.7 Å². The van der Waals surface area contributed by atoms with Gasteiger partial charge in [0.1, 0.15) is 0 Å². The molecule has 6 rings (SSSR count). The number of fused-ring (bicyclic) bond motifs is 1. The minimum Gasteiger partial charge on any atom is -0.293 e. The van der Waals surface area contributed by atoms with Crippen molar-refractivity contribution in [3.63, 3.8) is 0 Å². The number of carbonyl (C=O) groups is 1. The number of Topliss-reactive ketones (excluding diaryl/α,β-unsaturated/α-hetero) is 1. The molecule has 2 aromatic rings. The standard InChI is InChI=1S/C18H19N3O/c22-17(16-7-3-5-14-4-1-2-6-15(14)16)18-8-19-11-20(9-18)13-21(10-18)12-19/h1-7H,8-13H2. The highest BCUT2D eigenvalue weighted by Gasteiger charge is 2.53. The average Bonchev–Trinajstić information content (AvgIpc) is 2.52. The smallest absolute Gasteiger partial charge is 0.173 e. The zero-order chi connectivity index (χ0) is 14.7. The Kier molecular flexibility index (Phi) is 2.54. The van der Waals surface area contributed by atoms with Gasteiger partial charge in [-0.05, 0) is 10.8 Å². The van der Waals surface area contributed by atoms with Crippen molar-refractivity contribution in [2.45, 2.75) is 0 Å². The Morgan fingerprint density at radius 2 is 1.41 bits per heavy atom. The minimum absolute atomic E-state index is 0.251. The lowest BCUT2D eigenvalue weighted by Crippen LogP contribution is -2.74. The first kappa shape index (κ1) is 12.8. The van der Waals surface area contributed by atoms with E-state index in [1.165, 1.54) is 0 Å². The van der Waals surface area contributed by atoms with Crippen molar-refractivity contribution < 1.29 is 4.79 Å². The summed E-state index contributed by atoms with van der Waals surface area (Å²) in [5.41, 5.74) is 0.641. The molecule has 4 fully saturated rings. The van der Waals surface area contributed by atoms with Gasteiger partial charge < -0.3 is 0 Å². The molecular weight excluding hydrogens is 274 g/mol. The van der Waals surface area contributed by atoms with Crippen LogP contribution in [0.3, 0.4) is 0 Å². The maximum absolute atomic E-state index is 13.4. The molecule has 22 heavy (non-hydrogen) atoms. The molecule has 4 heteroatoms. The molecule has 0 N–H and O–H groups in total. The third-order valence-corrected chi connectivity index (χ3v) is 5.29. The molecule has 4 aliphatic rings. The molecule has 0 radical (unpaired) electrons. The number of hydrogen-bond donors (Lipinski definition) is 0. The van der Waals surface area contributed by atoms with Crippen molar-refractivity contribution in [2.24, 2.45) is 5.41 Å². The highest BCUT2D eigenvalue weighted by atomic mass is 16.1. The highest BCUT2D eigenvalue weighted by Crippen LogP contribution is 2.39. The van der Waals surface area contributed by atoms with Gasteiger partial charge in [0.15, 0.2) is 5.78 Å². The predicted molar refractivity (Wildman–Crippen MR) is 85.4 cm³/mol. The Hall–Kier alpha value is -1.75. The maximum Gasteiger partial charge on any atom is 0.173 e. The van der Waals surface area contributed by atoms with Crippen molar-refractivity contribution in [3.05, 3.63) is 48.0 Å². The molecular formula is C18H19N3O. The summed E-state index contributed by atoms with van der Waals surface area (Å²) in [6.45, 7) is 5.76. The van der Waals surface area contributed by atoms with E-state index in [2.05, 4.69) is 32.9 Å². The van der Waals surface area contributed by atoms with Crippen LogP contribution in [-0.4, -0.2) is 60.1 Å². The maximum atomic E-state index is 13.4. The van der Waals surface area contributed by atoms with E-state index in [9.17, 15) is 4.79 Å². The summed E-state index contributed by atoms with van der Waals surface area (Å²) in [4.78, 5) is 20.6. The van der Waals surface area contributed by atoms with E-state index in [1.54, 1.807) is 0 Å². The van der Waals surface area contributed by atoms with Crippen LogP contribution in [-0.2, 0) is 0 Å². The second kappa shape index (κ2) is 4.38. The Morgan fingerprint density at radius 3 is 2.09 bits per heavy atom. The molecule has 0 spiro atoms. The lowest BCUT2D eigenvalue weighted by Gasteiger charge is -2.59. The van der Waals surface area contributed by atoms with Crippen LogP contribution in [0.25, 0.3) is 10.8 Å². The van der Waals surface area contributed by atoms with Gasteiger partial charge in [-0.15, -0.1) is 0 Å². The number of benzene rings is 2. The van der Waals surface area contributed by atoms with Gasteiger partial charge in [-0.2, -0.15) is 0 Å². The zero-order valence-corrected chi connectivity index (χ0v) is 12.5. The van der Waals surface area contributed by atoms with Gasteiger partial charge in [0.2, 0.25) is 0 Å². The number of nitrogens with zero attached hydrogens (tertiary/aromatic N) is 3. The number of rotatable bonds is 2. The van der Waals surface area contributed by atoms with E-state index in [1.807, 2.05) is 24.3 Å². The molecule has 4 aliphatic heterocycles. The summed E-state index contributed by atoms with van der Waals surface area (Å²) in [6.07, 6.45) is 0. The summed E-state index contributed by atoms with van der Waals surface area (Å²) in [5.74, 6) is 0.323. The van der Waals surface area contributed by atoms with Crippen LogP contribution in [0.15, 0.2) is 42.5 Å².